The van der Waals surface area contributed by atoms with Gasteiger partial charge in [0.2, 0.25) is 5.96 Å². The summed E-state index contributed by atoms with van der Waals surface area (Å²) in [5.74, 6) is 0.287. The summed E-state index contributed by atoms with van der Waals surface area (Å²) in [4.78, 5) is 0. The van der Waals surface area contributed by atoms with Crippen molar-refractivity contribution in [2.75, 3.05) is 5.32 Å². The van der Waals surface area contributed by atoms with Gasteiger partial charge in [0.25, 0.3) is 10.0 Å². The zero-order valence-corrected chi connectivity index (χ0v) is 11.8. The highest BCUT2D eigenvalue weighted by Gasteiger charge is 2.30. The second-order valence-corrected chi connectivity index (χ2v) is 7.50. The van der Waals surface area contributed by atoms with Crippen LogP contribution in [0.5, 0.6) is 0 Å². The van der Waals surface area contributed by atoms with Crippen LogP contribution in [0.3, 0.4) is 0 Å². The Morgan fingerprint density at radius 1 is 1.44 bits per heavy atom. The lowest BCUT2D eigenvalue weighted by Gasteiger charge is -2.20. The molecule has 0 radical (unpaired) electrons. The standard InChI is InChI=1S/C10H12ClN3O2S2/c11-7-5-17-9-8(7)13-10(14-18(9,15)16)12-6-3-1-2-4-6/h5-6H,1-4H2,(H2,12,13,14). The van der Waals surface area contributed by atoms with Gasteiger partial charge in [-0.15, -0.1) is 15.7 Å². The van der Waals surface area contributed by atoms with E-state index < -0.39 is 10.0 Å². The van der Waals surface area contributed by atoms with Gasteiger partial charge in [0, 0.05) is 11.4 Å². The van der Waals surface area contributed by atoms with E-state index in [9.17, 15) is 8.42 Å². The average molecular weight is 306 g/mol. The van der Waals surface area contributed by atoms with Gasteiger partial charge in [-0.25, -0.2) is 0 Å². The van der Waals surface area contributed by atoms with Crippen LogP contribution < -0.4 is 10.6 Å². The number of thiophene rings is 1. The molecule has 2 N–H and O–H groups in total. The Bertz CT molecular complexity index is 603. The molecule has 0 amide bonds. The van der Waals surface area contributed by atoms with Crippen LogP contribution >= 0.6 is 22.9 Å². The van der Waals surface area contributed by atoms with E-state index in [-0.39, 0.29) is 10.2 Å². The van der Waals surface area contributed by atoms with Crippen LogP contribution in [0.25, 0.3) is 0 Å². The van der Waals surface area contributed by atoms with Gasteiger partial charge >= 0.3 is 0 Å². The third-order valence-corrected chi connectivity index (χ3v) is 6.31. The average Bonchev–Trinajstić information content (AvgIpc) is 2.89. The molecular formula is C10H12ClN3O2S2. The number of hydrogen-bond acceptors (Lipinski definition) is 5. The number of rotatable bonds is 1. The summed E-state index contributed by atoms with van der Waals surface area (Å²) in [7, 11) is -3.62. The van der Waals surface area contributed by atoms with Crippen molar-refractivity contribution in [3.8, 4) is 0 Å². The Morgan fingerprint density at radius 2 is 2.17 bits per heavy atom. The minimum atomic E-state index is -3.62. The maximum atomic E-state index is 12.0. The molecule has 1 aliphatic carbocycles. The molecular weight excluding hydrogens is 294 g/mol. The molecule has 2 aliphatic rings. The monoisotopic (exact) mass is 305 g/mol. The highest BCUT2D eigenvalue weighted by atomic mass is 35.5. The first-order chi connectivity index (χ1) is 8.56. The van der Waals surface area contributed by atoms with Crippen molar-refractivity contribution >= 4 is 44.6 Å². The summed E-state index contributed by atoms with van der Waals surface area (Å²) in [6.45, 7) is 0. The second-order valence-electron chi connectivity index (χ2n) is 4.41. The van der Waals surface area contributed by atoms with E-state index in [4.69, 9.17) is 11.6 Å². The zero-order valence-electron chi connectivity index (χ0n) is 9.44. The molecule has 1 saturated carbocycles. The van der Waals surface area contributed by atoms with Crippen LogP contribution in [0.1, 0.15) is 25.7 Å². The van der Waals surface area contributed by atoms with Crippen molar-refractivity contribution in [1.82, 2.24) is 5.32 Å². The molecule has 0 atom stereocenters. The van der Waals surface area contributed by atoms with Crippen LogP contribution in [0, 0.1) is 0 Å². The Labute approximate surface area is 114 Å². The molecule has 1 aliphatic heterocycles. The lowest BCUT2D eigenvalue weighted by Crippen LogP contribution is -2.39. The quantitative estimate of drug-likeness (QED) is 0.836. The summed E-state index contributed by atoms with van der Waals surface area (Å²) < 4.78 is 27.8. The molecule has 18 heavy (non-hydrogen) atoms. The van der Waals surface area contributed by atoms with Crippen molar-refractivity contribution in [3.05, 3.63) is 10.4 Å². The number of anilines is 1. The van der Waals surface area contributed by atoms with E-state index in [1.165, 1.54) is 12.8 Å². The van der Waals surface area contributed by atoms with Crippen molar-refractivity contribution in [1.29, 1.82) is 0 Å². The predicted octanol–water partition coefficient (Wildman–Crippen LogP) is 2.40. The molecule has 0 spiro atoms. The first-order valence-electron chi connectivity index (χ1n) is 5.72. The molecule has 8 heteroatoms. The molecule has 1 aromatic heterocycles. The van der Waals surface area contributed by atoms with E-state index in [0.29, 0.717) is 16.8 Å². The summed E-state index contributed by atoms with van der Waals surface area (Å²) in [5.41, 5.74) is 0.442. The topological polar surface area (TPSA) is 70.6 Å². The number of hydrogen-bond donors (Lipinski definition) is 2. The Balaban J connectivity index is 1.90. The second kappa shape index (κ2) is 4.40. The molecule has 0 bridgehead atoms. The van der Waals surface area contributed by atoms with Gasteiger partial charge < -0.3 is 10.6 Å². The fourth-order valence-corrected chi connectivity index (χ4v) is 4.83. The van der Waals surface area contributed by atoms with Crippen molar-refractivity contribution in [2.45, 2.75) is 35.9 Å². The number of nitrogens with zero attached hydrogens (tertiary/aromatic N) is 1. The molecule has 5 nitrogen and oxygen atoms in total. The fraction of sp³-hybridized carbons (Fsp3) is 0.500. The maximum absolute atomic E-state index is 12.0. The van der Waals surface area contributed by atoms with Gasteiger partial charge in [0.05, 0.1) is 10.7 Å². The first kappa shape index (κ1) is 12.3. The number of guanidine groups is 1. The molecule has 1 aromatic rings. The fourth-order valence-electron chi connectivity index (χ4n) is 2.25. The Kier molecular flexibility index (Phi) is 2.99. The summed E-state index contributed by atoms with van der Waals surface area (Å²) in [5, 5.41) is 8.12. The lowest BCUT2D eigenvalue weighted by molar-refractivity contribution is 0.597. The van der Waals surface area contributed by atoms with Crippen LogP contribution in [0.4, 0.5) is 5.69 Å². The third-order valence-electron chi connectivity index (χ3n) is 3.10. The number of sulfonamides is 1. The highest BCUT2D eigenvalue weighted by molar-refractivity contribution is 7.92. The van der Waals surface area contributed by atoms with E-state index in [1.807, 2.05) is 0 Å². The van der Waals surface area contributed by atoms with Crippen molar-refractivity contribution in [2.24, 2.45) is 4.40 Å². The molecule has 2 heterocycles. The molecule has 0 aromatic carbocycles. The molecule has 0 unspecified atom stereocenters. The van der Waals surface area contributed by atoms with E-state index in [2.05, 4.69) is 15.0 Å². The first-order valence-corrected chi connectivity index (χ1v) is 8.41. The molecule has 98 valence electrons. The normalized spacial score (nSPS) is 22.2. The number of halogens is 1. The summed E-state index contributed by atoms with van der Waals surface area (Å²) in [6, 6.07) is 0.297. The zero-order chi connectivity index (χ0) is 12.8. The van der Waals surface area contributed by atoms with E-state index in [1.54, 1.807) is 5.38 Å². The highest BCUT2D eigenvalue weighted by Crippen LogP contribution is 2.39. The minimum Gasteiger partial charge on any atom is -0.352 e. The van der Waals surface area contributed by atoms with Gasteiger partial charge in [0.15, 0.2) is 4.21 Å². The van der Waals surface area contributed by atoms with E-state index >= 15 is 0 Å². The van der Waals surface area contributed by atoms with Crippen LogP contribution in [0.2, 0.25) is 5.02 Å². The lowest BCUT2D eigenvalue weighted by atomic mass is 10.2. The Hall–Kier alpha value is -0.790. The number of fused-ring (bicyclic) bond motifs is 1. The van der Waals surface area contributed by atoms with Gasteiger partial charge in [-0.3, -0.25) is 0 Å². The van der Waals surface area contributed by atoms with Crippen LogP contribution in [-0.4, -0.2) is 20.4 Å². The largest absolute Gasteiger partial charge is 0.352 e. The smallest absolute Gasteiger partial charge is 0.297 e. The third kappa shape index (κ3) is 2.10. The van der Waals surface area contributed by atoms with Gasteiger partial charge in [-0.1, -0.05) is 24.4 Å². The van der Waals surface area contributed by atoms with Gasteiger partial charge in [0.1, 0.15) is 0 Å². The number of nitrogens with one attached hydrogen (secondary N) is 2. The molecule has 3 rings (SSSR count). The molecule has 0 saturated heterocycles. The molecule has 1 fully saturated rings. The van der Waals surface area contributed by atoms with Crippen molar-refractivity contribution in [3.63, 3.8) is 0 Å². The maximum Gasteiger partial charge on any atom is 0.297 e. The van der Waals surface area contributed by atoms with Crippen LogP contribution in [0.15, 0.2) is 14.0 Å². The van der Waals surface area contributed by atoms with Gasteiger partial charge in [-0.05, 0) is 12.8 Å². The minimum absolute atomic E-state index is 0.185. The summed E-state index contributed by atoms with van der Waals surface area (Å²) >= 11 is 7.05. The Morgan fingerprint density at radius 3 is 2.89 bits per heavy atom. The summed E-state index contributed by atoms with van der Waals surface area (Å²) in [6.07, 6.45) is 4.43. The van der Waals surface area contributed by atoms with E-state index in [0.717, 1.165) is 24.2 Å². The SMILES string of the molecule is O=S1(=O)N=C(NC2CCCC2)Nc2c(Cl)csc21. The van der Waals surface area contributed by atoms with Gasteiger partial charge in [-0.2, -0.15) is 8.42 Å². The predicted molar refractivity (Wildman–Crippen MR) is 73.0 cm³/mol. The van der Waals surface area contributed by atoms with Crippen LogP contribution in [-0.2, 0) is 10.0 Å². The van der Waals surface area contributed by atoms with Crippen molar-refractivity contribution < 1.29 is 8.42 Å².